The van der Waals surface area contributed by atoms with Gasteiger partial charge in [0.1, 0.15) is 5.01 Å². The third-order valence-electron chi connectivity index (χ3n) is 2.00. The topological polar surface area (TPSA) is 75.4 Å². The van der Waals surface area contributed by atoms with Crippen LogP contribution in [-0.4, -0.2) is 32.7 Å². The highest BCUT2D eigenvalue weighted by Gasteiger charge is 2.17. The second-order valence-corrected chi connectivity index (χ2v) is 4.79. The fourth-order valence-corrected chi connectivity index (χ4v) is 2.25. The Labute approximate surface area is 106 Å². The molecule has 2 aromatic rings. The van der Waals surface area contributed by atoms with E-state index in [0.29, 0.717) is 11.4 Å². The highest BCUT2D eigenvalue weighted by atomic mass is 32.1. The number of hydrogen-bond acceptors (Lipinski definition) is 6. The Hall–Kier alpha value is -1.60. The summed E-state index contributed by atoms with van der Waals surface area (Å²) >= 11 is 2.72. The number of nitrogens with zero attached hydrogens (tertiary/aromatic N) is 3. The van der Waals surface area contributed by atoms with Gasteiger partial charge in [-0.25, -0.2) is 9.78 Å². The number of carbonyl (C=O) groups is 1. The first kappa shape index (κ1) is 11.9. The lowest BCUT2D eigenvalue weighted by Crippen LogP contribution is -2.21. The molecule has 2 aromatic heterocycles. The summed E-state index contributed by atoms with van der Waals surface area (Å²) in [4.78, 5) is 19.1. The van der Waals surface area contributed by atoms with Crippen molar-refractivity contribution < 1.29 is 9.90 Å². The summed E-state index contributed by atoms with van der Waals surface area (Å²) in [5, 5.41) is 13.4. The molecule has 0 fully saturated rings. The molecule has 1 N–H and O–H groups in total. The summed E-state index contributed by atoms with van der Waals surface area (Å²) in [6, 6.07) is 1.00. The van der Waals surface area contributed by atoms with E-state index in [1.165, 1.54) is 29.1 Å². The van der Waals surface area contributed by atoms with Crippen LogP contribution in [0.25, 0.3) is 0 Å². The fourth-order valence-electron chi connectivity index (χ4n) is 1.20. The monoisotopic (exact) mass is 267 g/mol. The van der Waals surface area contributed by atoms with Crippen molar-refractivity contribution in [1.82, 2.24) is 9.36 Å². The molecular formula is C10H9N3O2S2. The fraction of sp³-hybridized carbons (Fsp3) is 0.200. The third-order valence-corrected chi connectivity index (χ3v) is 3.30. The van der Waals surface area contributed by atoms with E-state index in [1.807, 2.05) is 10.8 Å². The van der Waals surface area contributed by atoms with Gasteiger partial charge < -0.3 is 5.11 Å². The van der Waals surface area contributed by atoms with Crippen LogP contribution in [0.1, 0.15) is 10.7 Å². The number of aliphatic imine (C=N–C) groups is 1. The molecule has 2 rings (SSSR count). The van der Waals surface area contributed by atoms with Crippen LogP contribution in [-0.2, 0) is 11.2 Å². The third kappa shape index (κ3) is 3.43. The molecular weight excluding hydrogens is 258 g/mol. The number of carboxylic acids is 1. The van der Waals surface area contributed by atoms with Gasteiger partial charge in [-0.15, -0.1) is 11.3 Å². The Morgan fingerprint density at radius 1 is 1.59 bits per heavy atom. The van der Waals surface area contributed by atoms with Crippen LogP contribution in [0.5, 0.6) is 0 Å². The number of rotatable bonds is 5. The minimum Gasteiger partial charge on any atom is -0.480 e. The largest absolute Gasteiger partial charge is 0.480 e. The molecule has 0 spiro atoms. The summed E-state index contributed by atoms with van der Waals surface area (Å²) in [6.45, 7) is 0. The predicted octanol–water partition coefficient (Wildman–Crippen LogP) is 1.71. The van der Waals surface area contributed by atoms with E-state index in [-0.39, 0.29) is 0 Å². The van der Waals surface area contributed by atoms with Crippen molar-refractivity contribution in [3.05, 3.63) is 33.7 Å². The molecule has 0 saturated carbocycles. The van der Waals surface area contributed by atoms with Gasteiger partial charge >= 0.3 is 5.97 Å². The highest BCUT2D eigenvalue weighted by Crippen LogP contribution is 2.07. The smallest absolute Gasteiger partial charge is 0.328 e. The van der Waals surface area contributed by atoms with Crippen molar-refractivity contribution in [1.29, 1.82) is 0 Å². The SMILES string of the molecule is O=C(O)C(Cc1ccsn1)/N=C/c1nccs1. The van der Waals surface area contributed by atoms with E-state index in [0.717, 1.165) is 5.69 Å². The number of hydrogen-bond donors (Lipinski definition) is 1. The summed E-state index contributed by atoms with van der Waals surface area (Å²) in [6.07, 6.45) is 3.46. The first-order valence-corrected chi connectivity index (χ1v) is 6.52. The Morgan fingerprint density at radius 3 is 3.06 bits per heavy atom. The minimum absolute atomic E-state index is 0.306. The zero-order valence-corrected chi connectivity index (χ0v) is 10.3. The van der Waals surface area contributed by atoms with Gasteiger partial charge in [0, 0.05) is 23.4 Å². The van der Waals surface area contributed by atoms with E-state index >= 15 is 0 Å². The van der Waals surface area contributed by atoms with Gasteiger partial charge in [0.15, 0.2) is 6.04 Å². The van der Waals surface area contributed by atoms with Crippen LogP contribution < -0.4 is 0 Å². The average Bonchev–Trinajstić information content (AvgIpc) is 2.97. The van der Waals surface area contributed by atoms with E-state index in [9.17, 15) is 4.79 Å². The molecule has 1 unspecified atom stereocenters. The number of aliphatic carboxylic acids is 1. The van der Waals surface area contributed by atoms with Gasteiger partial charge in [-0.3, -0.25) is 4.99 Å². The Balaban J connectivity index is 2.05. The molecule has 0 aromatic carbocycles. The Bertz CT molecular complexity index is 494. The maximum atomic E-state index is 11.0. The molecule has 0 aliphatic heterocycles. The van der Waals surface area contributed by atoms with Gasteiger partial charge in [-0.05, 0) is 17.6 Å². The lowest BCUT2D eigenvalue weighted by atomic mass is 10.2. The van der Waals surface area contributed by atoms with E-state index in [2.05, 4.69) is 14.3 Å². The van der Waals surface area contributed by atoms with Gasteiger partial charge in [0.25, 0.3) is 0 Å². The van der Waals surface area contributed by atoms with E-state index < -0.39 is 12.0 Å². The Morgan fingerprint density at radius 2 is 2.47 bits per heavy atom. The lowest BCUT2D eigenvalue weighted by molar-refractivity contribution is -0.138. The standard InChI is InChI=1S/C10H9N3O2S2/c14-10(15)8(5-7-1-3-17-13-7)12-6-9-11-2-4-16-9/h1-4,6,8H,5H2,(H,14,15)/b12-6+. The molecule has 0 aliphatic rings. The van der Waals surface area contributed by atoms with Crippen LogP contribution in [0.3, 0.4) is 0 Å². The zero-order chi connectivity index (χ0) is 12.1. The quantitative estimate of drug-likeness (QED) is 0.837. The zero-order valence-electron chi connectivity index (χ0n) is 8.68. The van der Waals surface area contributed by atoms with Crippen LogP contribution in [0.4, 0.5) is 0 Å². The highest BCUT2D eigenvalue weighted by molar-refractivity contribution is 7.11. The van der Waals surface area contributed by atoms with Crippen molar-refractivity contribution in [2.75, 3.05) is 0 Å². The molecule has 1 atom stereocenters. The molecule has 0 saturated heterocycles. The molecule has 88 valence electrons. The van der Waals surface area contributed by atoms with Gasteiger partial charge in [-0.2, -0.15) is 4.37 Å². The maximum Gasteiger partial charge on any atom is 0.328 e. The number of aromatic nitrogens is 2. The first-order valence-electron chi connectivity index (χ1n) is 4.80. The van der Waals surface area contributed by atoms with Crippen LogP contribution in [0.2, 0.25) is 0 Å². The predicted molar refractivity (Wildman–Crippen MR) is 66.9 cm³/mol. The number of thiazole rings is 1. The molecule has 0 amide bonds. The van der Waals surface area contributed by atoms with Crippen molar-refractivity contribution in [3.63, 3.8) is 0 Å². The summed E-state index contributed by atoms with van der Waals surface area (Å²) in [5.41, 5.74) is 0.749. The van der Waals surface area contributed by atoms with Crippen molar-refractivity contribution in [2.24, 2.45) is 4.99 Å². The molecule has 7 heteroatoms. The molecule has 0 radical (unpaired) electrons. The molecule has 2 heterocycles. The molecule has 5 nitrogen and oxygen atoms in total. The van der Waals surface area contributed by atoms with Gasteiger partial charge in [0.2, 0.25) is 0 Å². The number of carboxylic acid groups (broad SMARTS) is 1. The molecule has 0 bridgehead atoms. The lowest BCUT2D eigenvalue weighted by Gasteiger charge is -2.03. The van der Waals surface area contributed by atoms with Crippen LogP contribution >= 0.6 is 22.9 Å². The Kier molecular flexibility index (Phi) is 3.94. The summed E-state index contributed by atoms with van der Waals surface area (Å²) in [7, 11) is 0. The summed E-state index contributed by atoms with van der Waals surface area (Å²) < 4.78 is 4.07. The van der Waals surface area contributed by atoms with Gasteiger partial charge in [-0.1, -0.05) is 0 Å². The van der Waals surface area contributed by atoms with Crippen LogP contribution in [0, 0.1) is 0 Å². The molecule has 17 heavy (non-hydrogen) atoms. The first-order chi connectivity index (χ1) is 8.25. The van der Waals surface area contributed by atoms with Crippen molar-refractivity contribution in [2.45, 2.75) is 12.5 Å². The van der Waals surface area contributed by atoms with Crippen molar-refractivity contribution in [3.8, 4) is 0 Å². The second kappa shape index (κ2) is 5.65. The van der Waals surface area contributed by atoms with E-state index in [4.69, 9.17) is 5.11 Å². The molecule has 0 aliphatic carbocycles. The minimum atomic E-state index is -0.953. The van der Waals surface area contributed by atoms with Crippen LogP contribution in [0.15, 0.2) is 28.0 Å². The maximum absolute atomic E-state index is 11.0. The second-order valence-electron chi connectivity index (χ2n) is 3.20. The average molecular weight is 267 g/mol. The summed E-state index contributed by atoms with van der Waals surface area (Å²) in [5.74, 6) is -0.953. The van der Waals surface area contributed by atoms with Crippen molar-refractivity contribution >= 4 is 35.1 Å². The van der Waals surface area contributed by atoms with Gasteiger partial charge in [0.05, 0.1) is 11.9 Å². The van der Waals surface area contributed by atoms with E-state index in [1.54, 1.807) is 12.3 Å². The normalized spacial score (nSPS) is 12.9.